The first-order valence-corrected chi connectivity index (χ1v) is 7.36. The van der Waals surface area contributed by atoms with Crippen molar-refractivity contribution in [3.8, 4) is 0 Å². The van der Waals surface area contributed by atoms with Crippen molar-refractivity contribution in [3.63, 3.8) is 0 Å². The van der Waals surface area contributed by atoms with Crippen molar-refractivity contribution in [2.45, 2.75) is 19.8 Å². The van der Waals surface area contributed by atoms with Crippen LogP contribution in [0.5, 0.6) is 0 Å². The minimum Gasteiger partial charge on any atom is -0.462 e. The van der Waals surface area contributed by atoms with Crippen LogP contribution in [0.25, 0.3) is 0 Å². The Morgan fingerprint density at radius 2 is 2.18 bits per heavy atom. The van der Waals surface area contributed by atoms with Crippen molar-refractivity contribution in [1.29, 1.82) is 0 Å². The molecular formula is C17H17NO4. The second-order valence-electron chi connectivity index (χ2n) is 5.10. The Hall–Kier alpha value is -2.56. The van der Waals surface area contributed by atoms with Crippen LogP contribution in [0.4, 0.5) is 5.69 Å². The molecular weight excluding hydrogens is 282 g/mol. The number of anilines is 1. The van der Waals surface area contributed by atoms with Crippen LogP contribution in [0.3, 0.4) is 0 Å². The smallest absolute Gasteiger partial charge is 0.338 e. The fourth-order valence-electron chi connectivity index (χ4n) is 2.68. The zero-order valence-electron chi connectivity index (χ0n) is 12.4. The van der Waals surface area contributed by atoms with E-state index in [0.29, 0.717) is 24.5 Å². The number of carbonyl (C=O) groups is 2. The number of ether oxygens (including phenoxy) is 1. The van der Waals surface area contributed by atoms with Gasteiger partial charge in [-0.05, 0) is 55.7 Å². The molecule has 0 radical (unpaired) electrons. The molecule has 114 valence electrons. The number of hydrogen-bond acceptors (Lipinski definition) is 4. The fourth-order valence-corrected chi connectivity index (χ4v) is 2.68. The Morgan fingerprint density at radius 1 is 1.32 bits per heavy atom. The molecule has 1 aliphatic rings. The van der Waals surface area contributed by atoms with Gasteiger partial charge >= 0.3 is 5.97 Å². The van der Waals surface area contributed by atoms with Crippen LogP contribution in [0.15, 0.2) is 41.0 Å². The highest BCUT2D eigenvalue weighted by atomic mass is 16.5. The van der Waals surface area contributed by atoms with Crippen LogP contribution in [0.1, 0.15) is 39.8 Å². The van der Waals surface area contributed by atoms with Crippen LogP contribution < -0.4 is 4.90 Å². The van der Waals surface area contributed by atoms with Crippen LogP contribution in [-0.2, 0) is 11.2 Å². The summed E-state index contributed by atoms with van der Waals surface area (Å²) in [5, 5.41) is 0. The molecule has 1 amide bonds. The van der Waals surface area contributed by atoms with Gasteiger partial charge in [-0.3, -0.25) is 4.79 Å². The maximum absolute atomic E-state index is 12.5. The first kappa shape index (κ1) is 14.4. The van der Waals surface area contributed by atoms with Crippen LogP contribution in [-0.4, -0.2) is 25.0 Å². The molecule has 1 aromatic heterocycles. The Balaban J connectivity index is 1.91. The molecule has 0 fully saturated rings. The second kappa shape index (κ2) is 6.05. The average molecular weight is 299 g/mol. The van der Waals surface area contributed by atoms with Gasteiger partial charge in [-0.25, -0.2) is 4.79 Å². The topological polar surface area (TPSA) is 59.8 Å². The SMILES string of the molecule is CCOC(=O)c1ccc2c(c1)CCCN2C(=O)c1ccco1. The van der Waals surface area contributed by atoms with Crippen LogP contribution >= 0.6 is 0 Å². The van der Waals surface area contributed by atoms with Crippen molar-refractivity contribution < 1.29 is 18.7 Å². The third-order valence-electron chi connectivity index (χ3n) is 3.69. The molecule has 1 aliphatic heterocycles. The lowest BCUT2D eigenvalue weighted by molar-refractivity contribution is 0.0526. The summed E-state index contributed by atoms with van der Waals surface area (Å²) in [6.07, 6.45) is 3.18. The molecule has 0 saturated carbocycles. The Kier molecular flexibility index (Phi) is 3.96. The van der Waals surface area contributed by atoms with Gasteiger partial charge in [0.05, 0.1) is 18.4 Å². The Morgan fingerprint density at radius 3 is 2.91 bits per heavy atom. The van der Waals surface area contributed by atoms with E-state index in [2.05, 4.69) is 0 Å². The average Bonchev–Trinajstić information content (AvgIpc) is 3.07. The highest BCUT2D eigenvalue weighted by molar-refractivity contribution is 6.05. The zero-order chi connectivity index (χ0) is 15.5. The van der Waals surface area contributed by atoms with Crippen LogP contribution in [0, 0.1) is 0 Å². The summed E-state index contributed by atoms with van der Waals surface area (Å²) in [5.74, 6) is -0.170. The summed E-state index contributed by atoms with van der Waals surface area (Å²) >= 11 is 0. The van der Waals surface area contributed by atoms with Crippen molar-refractivity contribution in [2.24, 2.45) is 0 Å². The number of nitrogens with zero attached hydrogens (tertiary/aromatic N) is 1. The lowest BCUT2D eigenvalue weighted by Crippen LogP contribution is -2.35. The van der Waals surface area contributed by atoms with Gasteiger partial charge in [-0.2, -0.15) is 0 Å². The van der Waals surface area contributed by atoms with Gasteiger partial charge in [0.25, 0.3) is 5.91 Å². The van der Waals surface area contributed by atoms with E-state index in [9.17, 15) is 9.59 Å². The first-order chi connectivity index (χ1) is 10.7. The number of rotatable bonds is 3. The van der Waals surface area contributed by atoms with Crippen molar-refractivity contribution in [1.82, 2.24) is 0 Å². The summed E-state index contributed by atoms with van der Waals surface area (Å²) < 4.78 is 10.2. The predicted octanol–water partition coefficient (Wildman–Crippen LogP) is 3.05. The van der Waals surface area contributed by atoms with Crippen molar-refractivity contribution in [2.75, 3.05) is 18.1 Å². The number of amides is 1. The molecule has 0 bridgehead atoms. The van der Waals surface area contributed by atoms with Crippen LogP contribution in [0.2, 0.25) is 0 Å². The van der Waals surface area contributed by atoms with E-state index in [4.69, 9.17) is 9.15 Å². The number of furan rings is 1. The highest BCUT2D eigenvalue weighted by Gasteiger charge is 2.26. The van der Waals surface area contributed by atoms with E-state index in [1.54, 1.807) is 30.0 Å². The molecule has 0 aliphatic carbocycles. The second-order valence-corrected chi connectivity index (χ2v) is 5.10. The quantitative estimate of drug-likeness (QED) is 0.817. The summed E-state index contributed by atoms with van der Waals surface area (Å²) in [4.78, 5) is 26.0. The lowest BCUT2D eigenvalue weighted by atomic mass is 9.99. The van der Waals surface area contributed by atoms with Gasteiger partial charge in [-0.1, -0.05) is 0 Å². The number of carbonyl (C=O) groups excluding carboxylic acids is 2. The molecule has 0 N–H and O–H groups in total. The minimum atomic E-state index is -0.334. The molecule has 5 heteroatoms. The van der Waals surface area contributed by atoms with E-state index in [1.807, 2.05) is 12.1 Å². The van der Waals surface area contributed by atoms with Crippen molar-refractivity contribution in [3.05, 3.63) is 53.5 Å². The maximum Gasteiger partial charge on any atom is 0.338 e. The highest BCUT2D eigenvalue weighted by Crippen LogP contribution is 2.29. The Labute approximate surface area is 128 Å². The normalized spacial score (nSPS) is 13.6. The largest absolute Gasteiger partial charge is 0.462 e. The number of aryl methyl sites for hydroxylation is 1. The maximum atomic E-state index is 12.5. The predicted molar refractivity (Wildman–Crippen MR) is 81.1 cm³/mol. The van der Waals surface area contributed by atoms with Gasteiger partial charge in [0.1, 0.15) is 0 Å². The molecule has 2 heterocycles. The number of benzene rings is 1. The fraction of sp³-hybridized carbons (Fsp3) is 0.294. The van der Waals surface area contributed by atoms with E-state index >= 15 is 0 Å². The van der Waals surface area contributed by atoms with E-state index in [1.165, 1.54) is 6.26 Å². The summed E-state index contributed by atoms with van der Waals surface area (Å²) in [6, 6.07) is 8.67. The molecule has 0 saturated heterocycles. The molecule has 22 heavy (non-hydrogen) atoms. The standard InChI is InChI=1S/C17H17NO4/c1-2-21-17(20)13-7-8-14-12(11-13)5-3-9-18(14)16(19)15-6-4-10-22-15/h4,6-8,10-11H,2-3,5,9H2,1H3. The molecule has 0 spiro atoms. The molecule has 2 aromatic rings. The van der Waals surface area contributed by atoms with Gasteiger partial charge in [0, 0.05) is 12.2 Å². The summed E-state index contributed by atoms with van der Waals surface area (Å²) in [7, 11) is 0. The molecule has 1 aromatic carbocycles. The zero-order valence-corrected chi connectivity index (χ0v) is 12.4. The molecule has 3 rings (SSSR count). The van der Waals surface area contributed by atoms with Gasteiger partial charge in [0.15, 0.2) is 5.76 Å². The lowest BCUT2D eigenvalue weighted by Gasteiger charge is -2.29. The first-order valence-electron chi connectivity index (χ1n) is 7.36. The monoisotopic (exact) mass is 299 g/mol. The van der Waals surface area contributed by atoms with Gasteiger partial charge < -0.3 is 14.1 Å². The molecule has 0 unspecified atom stereocenters. The molecule has 5 nitrogen and oxygen atoms in total. The molecule has 0 atom stereocenters. The minimum absolute atomic E-state index is 0.158. The summed E-state index contributed by atoms with van der Waals surface area (Å²) in [5.41, 5.74) is 2.34. The number of hydrogen-bond donors (Lipinski definition) is 0. The van der Waals surface area contributed by atoms with E-state index in [-0.39, 0.29) is 11.9 Å². The van der Waals surface area contributed by atoms with E-state index < -0.39 is 0 Å². The van der Waals surface area contributed by atoms with Gasteiger partial charge in [-0.15, -0.1) is 0 Å². The summed E-state index contributed by atoms with van der Waals surface area (Å²) in [6.45, 7) is 2.77. The van der Waals surface area contributed by atoms with Gasteiger partial charge in [0.2, 0.25) is 0 Å². The van der Waals surface area contributed by atoms with E-state index in [0.717, 1.165) is 24.1 Å². The number of fused-ring (bicyclic) bond motifs is 1. The number of esters is 1. The Bertz CT molecular complexity index is 691. The van der Waals surface area contributed by atoms with Crippen molar-refractivity contribution >= 4 is 17.6 Å². The third-order valence-corrected chi connectivity index (χ3v) is 3.69. The third kappa shape index (κ3) is 2.62.